The van der Waals surface area contributed by atoms with Gasteiger partial charge in [-0.25, -0.2) is 0 Å². The van der Waals surface area contributed by atoms with Gasteiger partial charge in [0.25, 0.3) is 0 Å². The maximum absolute atomic E-state index is 12.3. The van der Waals surface area contributed by atoms with Crippen molar-refractivity contribution in [2.75, 3.05) is 29.6 Å². The van der Waals surface area contributed by atoms with Gasteiger partial charge in [-0.2, -0.15) is 0 Å². The van der Waals surface area contributed by atoms with Crippen LogP contribution in [-0.2, 0) is 9.59 Å². The van der Waals surface area contributed by atoms with Crippen molar-refractivity contribution in [1.29, 1.82) is 0 Å². The van der Waals surface area contributed by atoms with Crippen LogP contribution in [0.4, 0.5) is 11.4 Å². The summed E-state index contributed by atoms with van der Waals surface area (Å²) in [5.41, 5.74) is 1.41. The molecule has 0 aromatic heterocycles. The van der Waals surface area contributed by atoms with Gasteiger partial charge in [0.1, 0.15) is 0 Å². The van der Waals surface area contributed by atoms with Crippen molar-refractivity contribution in [3.8, 4) is 11.5 Å². The fraction of sp³-hybridized carbons (Fsp3) is 0.364. The highest BCUT2D eigenvalue weighted by Gasteiger charge is 2.10. The zero-order valence-corrected chi connectivity index (χ0v) is 17.9. The summed E-state index contributed by atoms with van der Waals surface area (Å²) < 4.78 is 11.5. The quantitative estimate of drug-likeness (QED) is 0.507. The van der Waals surface area contributed by atoms with Crippen LogP contribution in [0.15, 0.2) is 47.4 Å². The maximum atomic E-state index is 12.3. The molecule has 0 heterocycles. The fourth-order valence-corrected chi connectivity index (χ4v) is 3.12. The number of anilines is 2. The summed E-state index contributed by atoms with van der Waals surface area (Å²) in [4.78, 5) is 24.3. The zero-order valence-electron chi connectivity index (χ0n) is 17.1. The molecule has 0 bridgehead atoms. The Kier molecular flexibility index (Phi) is 9.37. The largest absolute Gasteiger partial charge is 0.490 e. The van der Waals surface area contributed by atoms with E-state index in [9.17, 15) is 9.59 Å². The van der Waals surface area contributed by atoms with Gasteiger partial charge < -0.3 is 20.1 Å². The first-order valence-corrected chi connectivity index (χ1v) is 10.7. The van der Waals surface area contributed by atoms with E-state index in [0.717, 1.165) is 23.4 Å². The van der Waals surface area contributed by atoms with Crippen LogP contribution in [0.5, 0.6) is 11.5 Å². The molecule has 0 radical (unpaired) electrons. The third-order valence-electron chi connectivity index (χ3n) is 3.70. The molecule has 6 nitrogen and oxygen atoms in total. The molecule has 7 heteroatoms. The van der Waals surface area contributed by atoms with Crippen molar-refractivity contribution in [2.45, 2.75) is 38.5 Å². The topological polar surface area (TPSA) is 76.7 Å². The van der Waals surface area contributed by atoms with Crippen LogP contribution in [0, 0.1) is 0 Å². The van der Waals surface area contributed by atoms with Crippen molar-refractivity contribution in [2.24, 2.45) is 0 Å². The van der Waals surface area contributed by atoms with Crippen LogP contribution in [0.2, 0.25) is 0 Å². The van der Waals surface area contributed by atoms with E-state index < -0.39 is 0 Å². The lowest BCUT2D eigenvalue weighted by Crippen LogP contribution is -2.14. The summed E-state index contributed by atoms with van der Waals surface area (Å²) in [7, 11) is 0. The van der Waals surface area contributed by atoms with Gasteiger partial charge in [-0.3, -0.25) is 9.59 Å². The molecule has 0 aliphatic carbocycles. The molecular formula is C22H28N2O4S. The Balaban J connectivity index is 1.92. The molecule has 2 amide bonds. The SMILES string of the molecule is CCCOc1ccc(NC(=O)CSc2ccc(NC(C)=O)cc2)cc1OCCC. The normalized spacial score (nSPS) is 10.3. The van der Waals surface area contributed by atoms with Gasteiger partial charge in [-0.05, 0) is 49.2 Å². The van der Waals surface area contributed by atoms with Crippen molar-refractivity contribution in [3.63, 3.8) is 0 Å². The van der Waals surface area contributed by atoms with Crippen molar-refractivity contribution in [1.82, 2.24) is 0 Å². The van der Waals surface area contributed by atoms with Gasteiger partial charge in [-0.1, -0.05) is 13.8 Å². The lowest BCUT2D eigenvalue weighted by molar-refractivity contribution is -0.114. The predicted octanol–water partition coefficient (Wildman–Crippen LogP) is 4.95. The Morgan fingerprint density at radius 1 is 0.862 bits per heavy atom. The summed E-state index contributed by atoms with van der Waals surface area (Å²) in [5.74, 6) is 1.38. The maximum Gasteiger partial charge on any atom is 0.234 e. The fourth-order valence-electron chi connectivity index (χ4n) is 2.43. The Labute approximate surface area is 176 Å². The van der Waals surface area contributed by atoms with E-state index in [1.807, 2.05) is 50.2 Å². The number of hydrogen-bond acceptors (Lipinski definition) is 5. The number of nitrogens with one attached hydrogen (secondary N) is 2. The molecule has 0 aliphatic rings. The Morgan fingerprint density at radius 2 is 1.48 bits per heavy atom. The molecule has 0 atom stereocenters. The molecule has 0 spiro atoms. The number of ether oxygens (including phenoxy) is 2. The third-order valence-corrected chi connectivity index (χ3v) is 4.71. The lowest BCUT2D eigenvalue weighted by Gasteiger charge is -2.14. The number of hydrogen-bond donors (Lipinski definition) is 2. The van der Waals surface area contributed by atoms with Crippen molar-refractivity contribution in [3.05, 3.63) is 42.5 Å². The molecule has 29 heavy (non-hydrogen) atoms. The van der Waals surface area contributed by atoms with Gasteiger partial charge in [0.15, 0.2) is 11.5 Å². The van der Waals surface area contributed by atoms with Crippen LogP contribution in [0.3, 0.4) is 0 Å². The van der Waals surface area contributed by atoms with E-state index >= 15 is 0 Å². The van der Waals surface area contributed by atoms with Gasteiger partial charge in [0, 0.05) is 29.3 Å². The molecule has 2 N–H and O–H groups in total. The monoisotopic (exact) mass is 416 g/mol. The zero-order chi connectivity index (χ0) is 21.1. The lowest BCUT2D eigenvalue weighted by atomic mass is 10.2. The van der Waals surface area contributed by atoms with E-state index in [0.29, 0.717) is 30.4 Å². The van der Waals surface area contributed by atoms with Crippen molar-refractivity contribution >= 4 is 35.0 Å². The van der Waals surface area contributed by atoms with Gasteiger partial charge in [0.2, 0.25) is 11.8 Å². The number of amides is 2. The average Bonchev–Trinajstić information content (AvgIpc) is 2.70. The first kappa shape index (κ1) is 22.6. The standard InChI is InChI=1S/C22H28N2O4S/c1-4-12-27-20-11-8-18(14-21(20)28-13-5-2)24-22(26)15-29-19-9-6-17(7-10-19)23-16(3)25/h6-11,14H,4-5,12-13,15H2,1-3H3,(H,23,25)(H,24,26). The Hall–Kier alpha value is -2.67. The minimum absolute atomic E-state index is 0.107. The highest BCUT2D eigenvalue weighted by atomic mass is 32.2. The summed E-state index contributed by atoms with van der Waals surface area (Å²) in [5, 5.41) is 5.61. The van der Waals surface area contributed by atoms with E-state index in [1.165, 1.54) is 18.7 Å². The molecule has 156 valence electrons. The molecule has 0 unspecified atom stereocenters. The number of thioether (sulfide) groups is 1. The number of rotatable bonds is 11. The van der Waals surface area contributed by atoms with Crippen LogP contribution < -0.4 is 20.1 Å². The molecule has 2 aromatic rings. The Morgan fingerprint density at radius 3 is 2.10 bits per heavy atom. The second kappa shape index (κ2) is 12.0. The molecule has 0 fully saturated rings. The third kappa shape index (κ3) is 8.07. The van der Waals surface area contributed by atoms with E-state index in [2.05, 4.69) is 10.6 Å². The summed E-state index contributed by atoms with van der Waals surface area (Å²) in [6.07, 6.45) is 1.80. The highest BCUT2D eigenvalue weighted by molar-refractivity contribution is 8.00. The van der Waals surface area contributed by atoms with Crippen LogP contribution in [-0.4, -0.2) is 30.8 Å². The number of carbonyl (C=O) groups is 2. The van der Waals surface area contributed by atoms with Crippen LogP contribution in [0.1, 0.15) is 33.6 Å². The van der Waals surface area contributed by atoms with Gasteiger partial charge >= 0.3 is 0 Å². The second-order valence-electron chi connectivity index (χ2n) is 6.40. The molecule has 0 saturated carbocycles. The van der Waals surface area contributed by atoms with E-state index in [-0.39, 0.29) is 17.6 Å². The average molecular weight is 417 g/mol. The van der Waals surface area contributed by atoms with Gasteiger partial charge in [-0.15, -0.1) is 11.8 Å². The van der Waals surface area contributed by atoms with Crippen LogP contribution in [0.25, 0.3) is 0 Å². The Bertz CT molecular complexity index is 809. The number of benzene rings is 2. The van der Waals surface area contributed by atoms with Crippen LogP contribution >= 0.6 is 11.8 Å². The molecule has 2 rings (SSSR count). The molecular weight excluding hydrogens is 388 g/mol. The van der Waals surface area contributed by atoms with E-state index in [4.69, 9.17) is 9.47 Å². The second-order valence-corrected chi connectivity index (χ2v) is 7.45. The smallest absolute Gasteiger partial charge is 0.234 e. The van der Waals surface area contributed by atoms with Crippen molar-refractivity contribution < 1.29 is 19.1 Å². The minimum Gasteiger partial charge on any atom is -0.490 e. The number of carbonyl (C=O) groups excluding carboxylic acids is 2. The van der Waals surface area contributed by atoms with Gasteiger partial charge in [0.05, 0.1) is 19.0 Å². The molecule has 2 aromatic carbocycles. The van der Waals surface area contributed by atoms with E-state index in [1.54, 1.807) is 6.07 Å². The predicted molar refractivity (Wildman–Crippen MR) is 118 cm³/mol. The summed E-state index contributed by atoms with van der Waals surface area (Å²) >= 11 is 1.43. The molecule has 0 aliphatic heterocycles. The summed E-state index contributed by atoms with van der Waals surface area (Å²) in [6.45, 7) is 6.76. The first-order chi connectivity index (χ1) is 14.0. The molecule has 0 saturated heterocycles. The highest BCUT2D eigenvalue weighted by Crippen LogP contribution is 2.31. The minimum atomic E-state index is -0.113. The summed E-state index contributed by atoms with van der Waals surface area (Å²) in [6, 6.07) is 12.8. The first-order valence-electron chi connectivity index (χ1n) is 9.71.